The zero-order valence-corrected chi connectivity index (χ0v) is 29.7. The highest BCUT2D eigenvalue weighted by Gasteiger charge is 2.34. The van der Waals surface area contributed by atoms with Crippen LogP contribution in [0.4, 0.5) is 0 Å². The monoisotopic (exact) mass is 653 g/mol. The number of benzene rings is 5. The van der Waals surface area contributed by atoms with E-state index in [2.05, 4.69) is 166 Å². The molecule has 0 spiro atoms. The van der Waals surface area contributed by atoms with E-state index in [1.165, 1.54) is 39.0 Å². The Morgan fingerprint density at radius 1 is 0.680 bits per heavy atom. The molecule has 0 saturated carbocycles. The van der Waals surface area contributed by atoms with Crippen LogP contribution in [0.25, 0.3) is 83.1 Å². The SMILES string of the molecule is Cc1ccc2c(oc3c2cnc2c4ccccc4n(C)c23)c1-c1n(-c2c(C(C)C)cc(-c3ccccc3)cc2C(C)C)c2ccccc2[n+]1C. The van der Waals surface area contributed by atoms with E-state index < -0.39 is 0 Å². The highest BCUT2D eigenvalue weighted by atomic mass is 16.3. The fraction of sp³-hybridized carbons (Fsp3) is 0.200. The summed E-state index contributed by atoms with van der Waals surface area (Å²) in [5.41, 5.74) is 15.9. The van der Waals surface area contributed by atoms with Crippen LogP contribution in [0, 0.1) is 6.92 Å². The highest BCUT2D eigenvalue weighted by Crippen LogP contribution is 2.44. The average molecular weight is 654 g/mol. The quantitative estimate of drug-likeness (QED) is 0.173. The first-order valence-corrected chi connectivity index (χ1v) is 17.7. The third-order valence-electron chi connectivity index (χ3n) is 10.7. The summed E-state index contributed by atoms with van der Waals surface area (Å²) in [7, 11) is 4.31. The van der Waals surface area contributed by atoms with Gasteiger partial charge in [-0.25, -0.2) is 4.57 Å². The van der Waals surface area contributed by atoms with Gasteiger partial charge in [0, 0.05) is 40.5 Å². The number of hydrogen-bond acceptors (Lipinski definition) is 2. The van der Waals surface area contributed by atoms with E-state index >= 15 is 0 Å². The molecule has 246 valence electrons. The molecule has 9 rings (SSSR count). The summed E-state index contributed by atoms with van der Waals surface area (Å²) in [5.74, 6) is 1.68. The number of aryl methyl sites for hydroxylation is 3. The second-order valence-electron chi connectivity index (χ2n) is 14.4. The van der Waals surface area contributed by atoms with Gasteiger partial charge in [-0.1, -0.05) is 100 Å². The summed E-state index contributed by atoms with van der Waals surface area (Å²) in [4.78, 5) is 5.03. The minimum absolute atomic E-state index is 0.291. The van der Waals surface area contributed by atoms with Crippen LogP contribution in [0.5, 0.6) is 0 Å². The van der Waals surface area contributed by atoms with E-state index in [0.29, 0.717) is 11.8 Å². The van der Waals surface area contributed by atoms with Crippen molar-refractivity contribution in [1.82, 2.24) is 14.1 Å². The molecule has 0 aliphatic heterocycles. The van der Waals surface area contributed by atoms with Gasteiger partial charge in [0.05, 0.1) is 18.1 Å². The molecule has 5 aromatic carbocycles. The molecule has 5 nitrogen and oxygen atoms in total. The van der Waals surface area contributed by atoms with E-state index in [0.717, 1.165) is 60.8 Å². The molecular formula is C45H41N4O+. The van der Waals surface area contributed by atoms with Crippen LogP contribution in [0.15, 0.2) is 114 Å². The van der Waals surface area contributed by atoms with Crippen molar-refractivity contribution in [2.24, 2.45) is 14.1 Å². The number of furan rings is 1. The number of hydrogen-bond donors (Lipinski definition) is 0. The zero-order chi connectivity index (χ0) is 34.4. The zero-order valence-electron chi connectivity index (χ0n) is 29.7. The third kappa shape index (κ3) is 4.25. The molecule has 5 heteroatoms. The van der Waals surface area contributed by atoms with Crippen molar-refractivity contribution in [3.8, 4) is 28.2 Å². The molecule has 0 radical (unpaired) electrons. The number of para-hydroxylation sites is 3. The topological polar surface area (TPSA) is 39.8 Å². The van der Waals surface area contributed by atoms with E-state index in [-0.39, 0.29) is 0 Å². The first kappa shape index (κ1) is 30.4. The summed E-state index contributed by atoms with van der Waals surface area (Å²) in [5, 5.41) is 3.24. The van der Waals surface area contributed by atoms with E-state index in [1.807, 2.05) is 6.20 Å². The van der Waals surface area contributed by atoms with Crippen LogP contribution in [-0.4, -0.2) is 14.1 Å². The molecule has 0 unspecified atom stereocenters. The van der Waals surface area contributed by atoms with Crippen LogP contribution in [0.3, 0.4) is 0 Å². The van der Waals surface area contributed by atoms with Gasteiger partial charge in [-0.05, 0) is 65.8 Å². The van der Waals surface area contributed by atoms with Gasteiger partial charge >= 0.3 is 0 Å². The smallest absolute Gasteiger partial charge is 0.299 e. The Hall–Kier alpha value is -5.68. The standard InChI is InChI=1S/C45H41N4O/c1-26(2)33-23-30(29-15-9-8-10-16-29)24-34(27(3)4)41(33)49-38-20-14-13-19-37(38)48(7)45(49)39-28(5)21-22-31-35-25-46-40-32-17-11-12-18-36(32)47(6)42(40)44(35)50-43(31)39/h8-27H,1-7H3/q+1. The van der Waals surface area contributed by atoms with Crippen LogP contribution < -0.4 is 4.57 Å². The molecule has 0 saturated heterocycles. The molecule has 0 N–H and O–H groups in total. The van der Waals surface area contributed by atoms with Gasteiger partial charge in [0.1, 0.15) is 16.8 Å². The minimum Gasteiger partial charge on any atom is -0.453 e. The minimum atomic E-state index is 0.291. The van der Waals surface area contributed by atoms with Crippen LogP contribution in [0.1, 0.15) is 56.2 Å². The summed E-state index contributed by atoms with van der Waals surface area (Å²) < 4.78 is 14.2. The van der Waals surface area contributed by atoms with Crippen LogP contribution in [-0.2, 0) is 14.1 Å². The molecule has 0 amide bonds. The van der Waals surface area contributed by atoms with Crippen LogP contribution in [0.2, 0.25) is 0 Å². The van der Waals surface area contributed by atoms with Gasteiger partial charge in [0.15, 0.2) is 22.2 Å². The maximum atomic E-state index is 7.13. The molecular weight excluding hydrogens is 613 g/mol. The van der Waals surface area contributed by atoms with Crippen molar-refractivity contribution in [2.45, 2.75) is 46.5 Å². The molecule has 0 bridgehead atoms. The Balaban J connectivity index is 1.42. The van der Waals surface area contributed by atoms with Crippen molar-refractivity contribution in [2.75, 3.05) is 0 Å². The molecule has 4 aromatic heterocycles. The van der Waals surface area contributed by atoms with Gasteiger partial charge in [-0.15, -0.1) is 0 Å². The lowest BCUT2D eigenvalue weighted by molar-refractivity contribution is -0.633. The fourth-order valence-electron chi connectivity index (χ4n) is 8.19. The molecule has 9 aromatic rings. The van der Waals surface area contributed by atoms with Gasteiger partial charge in [0.25, 0.3) is 5.82 Å². The van der Waals surface area contributed by atoms with Crippen molar-refractivity contribution in [3.63, 3.8) is 0 Å². The van der Waals surface area contributed by atoms with Gasteiger partial charge in [0.2, 0.25) is 0 Å². The molecule has 0 fully saturated rings. The van der Waals surface area contributed by atoms with Gasteiger partial charge < -0.3 is 8.98 Å². The lowest BCUT2D eigenvalue weighted by atomic mass is 9.88. The normalized spacial score (nSPS) is 12.3. The maximum Gasteiger partial charge on any atom is 0.299 e. The van der Waals surface area contributed by atoms with E-state index in [9.17, 15) is 0 Å². The van der Waals surface area contributed by atoms with E-state index in [4.69, 9.17) is 9.40 Å². The Bertz CT molecular complexity index is 2760. The second-order valence-corrected chi connectivity index (χ2v) is 14.4. The van der Waals surface area contributed by atoms with Gasteiger partial charge in [-0.2, -0.15) is 4.57 Å². The molecule has 4 heterocycles. The summed E-state index contributed by atoms with van der Waals surface area (Å²) in [6.45, 7) is 11.5. The van der Waals surface area contributed by atoms with Crippen molar-refractivity contribution in [3.05, 3.63) is 126 Å². The first-order chi connectivity index (χ1) is 24.2. The maximum absolute atomic E-state index is 7.13. The average Bonchev–Trinajstić information content (AvgIpc) is 3.75. The van der Waals surface area contributed by atoms with Crippen molar-refractivity contribution >= 4 is 54.9 Å². The van der Waals surface area contributed by atoms with Gasteiger partial charge in [-0.3, -0.25) is 4.98 Å². The Morgan fingerprint density at radius 2 is 1.34 bits per heavy atom. The van der Waals surface area contributed by atoms with Crippen LogP contribution >= 0.6 is 0 Å². The summed E-state index contributed by atoms with van der Waals surface area (Å²) in [6, 6.07) is 37.3. The Kier molecular flexibility index (Phi) is 6.79. The number of aromatic nitrogens is 4. The largest absolute Gasteiger partial charge is 0.453 e. The third-order valence-corrected chi connectivity index (χ3v) is 10.7. The number of nitrogens with zero attached hydrogens (tertiary/aromatic N) is 4. The number of rotatable bonds is 5. The first-order valence-electron chi connectivity index (χ1n) is 17.7. The molecule has 0 atom stereocenters. The number of imidazole rings is 1. The second kappa shape index (κ2) is 11.2. The Morgan fingerprint density at radius 3 is 2.06 bits per heavy atom. The number of fused-ring (bicyclic) bond motifs is 8. The lowest BCUT2D eigenvalue weighted by Gasteiger charge is -2.21. The lowest BCUT2D eigenvalue weighted by Crippen LogP contribution is -2.30. The summed E-state index contributed by atoms with van der Waals surface area (Å²) in [6.07, 6.45) is 2.00. The highest BCUT2D eigenvalue weighted by molar-refractivity contribution is 6.20. The number of pyridine rings is 1. The van der Waals surface area contributed by atoms with Crippen molar-refractivity contribution in [1.29, 1.82) is 0 Å². The molecule has 0 aliphatic rings. The predicted octanol–water partition coefficient (Wildman–Crippen LogP) is 11.3. The predicted molar refractivity (Wildman–Crippen MR) is 207 cm³/mol. The van der Waals surface area contributed by atoms with Crippen molar-refractivity contribution < 1.29 is 8.98 Å². The fourth-order valence-corrected chi connectivity index (χ4v) is 8.19. The molecule has 0 aliphatic carbocycles. The Labute approximate surface area is 292 Å². The van der Waals surface area contributed by atoms with E-state index in [1.54, 1.807) is 0 Å². The molecule has 50 heavy (non-hydrogen) atoms. The summed E-state index contributed by atoms with van der Waals surface area (Å²) >= 11 is 0.